The fourth-order valence-corrected chi connectivity index (χ4v) is 4.03. The predicted molar refractivity (Wildman–Crippen MR) is 69.0 cm³/mol. The Bertz CT molecular complexity index is 542. The van der Waals surface area contributed by atoms with Crippen LogP contribution in [0.15, 0.2) is 23.1 Å². The minimum atomic E-state index is -3.74. The van der Waals surface area contributed by atoms with Crippen LogP contribution < -0.4 is 0 Å². The van der Waals surface area contributed by atoms with Gasteiger partial charge in [-0.05, 0) is 31.0 Å². The number of rotatable bonds is 2. The van der Waals surface area contributed by atoms with Gasteiger partial charge in [0.1, 0.15) is 10.7 Å². The lowest BCUT2D eigenvalue weighted by Gasteiger charge is -2.28. The summed E-state index contributed by atoms with van der Waals surface area (Å²) in [5.41, 5.74) is 0. The van der Waals surface area contributed by atoms with Crippen molar-refractivity contribution in [3.05, 3.63) is 29.0 Å². The van der Waals surface area contributed by atoms with Crippen LogP contribution in [0.3, 0.4) is 0 Å². The first-order valence-electron chi connectivity index (χ1n) is 5.50. The van der Waals surface area contributed by atoms with Crippen molar-refractivity contribution in [2.45, 2.75) is 23.1 Å². The molecule has 0 N–H and O–H groups in total. The highest BCUT2D eigenvalue weighted by molar-refractivity contribution is 7.89. The van der Waals surface area contributed by atoms with Crippen molar-refractivity contribution in [1.82, 2.24) is 4.31 Å². The summed E-state index contributed by atoms with van der Waals surface area (Å²) in [6.07, 6.45) is 1.18. The first kappa shape index (κ1) is 14.1. The molecule has 3 nitrogen and oxygen atoms in total. The normalized spacial score (nSPS) is 19.1. The van der Waals surface area contributed by atoms with Crippen molar-refractivity contribution in [2.24, 2.45) is 0 Å². The molecule has 0 unspecified atom stereocenters. The molecular formula is C11H12Cl2FNO2S. The molecule has 0 atom stereocenters. The highest BCUT2D eigenvalue weighted by atomic mass is 35.5. The van der Waals surface area contributed by atoms with Gasteiger partial charge in [-0.1, -0.05) is 11.6 Å². The van der Waals surface area contributed by atoms with Gasteiger partial charge in [0, 0.05) is 18.5 Å². The maximum absolute atomic E-state index is 13.1. The van der Waals surface area contributed by atoms with Gasteiger partial charge < -0.3 is 0 Å². The average Bonchev–Trinajstić information content (AvgIpc) is 2.32. The predicted octanol–water partition coefficient (Wildman–Crippen LogP) is 2.87. The maximum Gasteiger partial charge on any atom is 0.244 e. The first-order valence-corrected chi connectivity index (χ1v) is 7.76. The summed E-state index contributed by atoms with van der Waals surface area (Å²) < 4.78 is 39.0. The SMILES string of the molecule is O=S(=O)(c1cc(F)ccc1Cl)N1CCC(Cl)CC1. The van der Waals surface area contributed by atoms with E-state index in [1.807, 2.05) is 0 Å². The lowest BCUT2D eigenvalue weighted by atomic mass is 10.2. The molecule has 1 aromatic rings. The van der Waals surface area contributed by atoms with Crippen LogP contribution in [0.2, 0.25) is 5.02 Å². The van der Waals surface area contributed by atoms with Crippen LogP contribution in [0, 0.1) is 5.82 Å². The number of piperidine rings is 1. The Morgan fingerprint density at radius 1 is 1.28 bits per heavy atom. The molecule has 0 aliphatic carbocycles. The zero-order valence-corrected chi connectivity index (χ0v) is 11.8. The number of benzene rings is 1. The van der Waals surface area contributed by atoms with E-state index in [-0.39, 0.29) is 15.3 Å². The lowest BCUT2D eigenvalue weighted by molar-refractivity contribution is 0.350. The van der Waals surface area contributed by atoms with Crippen LogP contribution in [0.5, 0.6) is 0 Å². The van der Waals surface area contributed by atoms with E-state index in [2.05, 4.69) is 0 Å². The van der Waals surface area contributed by atoms with Crippen molar-refractivity contribution in [1.29, 1.82) is 0 Å². The Balaban J connectivity index is 2.33. The molecule has 100 valence electrons. The third-order valence-corrected chi connectivity index (χ3v) is 5.71. The van der Waals surface area contributed by atoms with Crippen molar-refractivity contribution in [3.63, 3.8) is 0 Å². The zero-order chi connectivity index (χ0) is 13.3. The number of hydrogen-bond acceptors (Lipinski definition) is 2. The number of sulfonamides is 1. The highest BCUT2D eigenvalue weighted by Crippen LogP contribution is 2.28. The van der Waals surface area contributed by atoms with E-state index in [9.17, 15) is 12.8 Å². The second-order valence-electron chi connectivity index (χ2n) is 4.15. The van der Waals surface area contributed by atoms with Crippen molar-refractivity contribution in [3.8, 4) is 0 Å². The fourth-order valence-electron chi connectivity index (χ4n) is 1.88. The zero-order valence-electron chi connectivity index (χ0n) is 9.44. The van der Waals surface area contributed by atoms with Gasteiger partial charge >= 0.3 is 0 Å². The van der Waals surface area contributed by atoms with Crippen molar-refractivity contribution < 1.29 is 12.8 Å². The number of halogens is 3. The van der Waals surface area contributed by atoms with E-state index in [0.29, 0.717) is 25.9 Å². The van der Waals surface area contributed by atoms with E-state index >= 15 is 0 Å². The molecule has 0 saturated carbocycles. The van der Waals surface area contributed by atoms with Gasteiger partial charge in [-0.15, -0.1) is 11.6 Å². The standard InChI is InChI=1S/C11H12Cl2FNO2S/c12-8-3-5-15(6-4-8)18(16,17)11-7-9(14)1-2-10(11)13/h1-2,7-8H,3-6H2. The Labute approximate surface area is 116 Å². The Hall–Kier alpha value is -0.360. The van der Waals surface area contributed by atoms with Gasteiger partial charge in [-0.25, -0.2) is 12.8 Å². The van der Waals surface area contributed by atoms with Gasteiger partial charge in [0.25, 0.3) is 0 Å². The quantitative estimate of drug-likeness (QED) is 0.788. The minimum Gasteiger partial charge on any atom is -0.207 e. The molecule has 0 spiro atoms. The van der Waals surface area contributed by atoms with Crippen LogP contribution >= 0.6 is 23.2 Å². The molecule has 2 rings (SSSR count). The second kappa shape index (κ2) is 5.33. The average molecular weight is 312 g/mol. The molecule has 0 aromatic heterocycles. The molecule has 18 heavy (non-hydrogen) atoms. The van der Waals surface area contributed by atoms with Crippen LogP contribution in [-0.2, 0) is 10.0 Å². The molecule has 0 radical (unpaired) electrons. The smallest absolute Gasteiger partial charge is 0.207 e. The molecule has 7 heteroatoms. The first-order chi connectivity index (χ1) is 8.41. The number of nitrogens with zero attached hydrogens (tertiary/aromatic N) is 1. The number of hydrogen-bond donors (Lipinski definition) is 0. The molecule has 0 amide bonds. The van der Waals surface area contributed by atoms with E-state index in [1.54, 1.807) is 0 Å². The van der Waals surface area contributed by atoms with E-state index < -0.39 is 15.8 Å². The summed E-state index contributed by atoms with van der Waals surface area (Å²) in [5, 5.41) is 0.0313. The molecule has 1 saturated heterocycles. The summed E-state index contributed by atoms with van der Waals surface area (Å²) in [4.78, 5) is -0.183. The topological polar surface area (TPSA) is 37.4 Å². The molecule has 1 aliphatic rings. The molecule has 1 aromatic carbocycles. The van der Waals surface area contributed by atoms with Gasteiger partial charge in [-0.3, -0.25) is 0 Å². The Morgan fingerprint density at radius 3 is 2.50 bits per heavy atom. The highest BCUT2D eigenvalue weighted by Gasteiger charge is 2.30. The summed E-state index contributed by atoms with van der Waals surface area (Å²) in [6.45, 7) is 0.673. The van der Waals surface area contributed by atoms with Crippen LogP contribution in [-0.4, -0.2) is 31.2 Å². The third-order valence-electron chi connectivity index (χ3n) is 2.89. The van der Waals surface area contributed by atoms with Crippen molar-refractivity contribution in [2.75, 3.05) is 13.1 Å². The lowest BCUT2D eigenvalue weighted by Crippen LogP contribution is -2.38. The summed E-state index contributed by atoms with van der Waals surface area (Å²) in [5.74, 6) is -0.620. The van der Waals surface area contributed by atoms with Gasteiger partial charge in [0.2, 0.25) is 10.0 Å². The van der Waals surface area contributed by atoms with Crippen LogP contribution in [0.1, 0.15) is 12.8 Å². The van der Waals surface area contributed by atoms with E-state index in [4.69, 9.17) is 23.2 Å². The molecule has 1 aliphatic heterocycles. The fraction of sp³-hybridized carbons (Fsp3) is 0.455. The largest absolute Gasteiger partial charge is 0.244 e. The molecule has 1 heterocycles. The van der Waals surface area contributed by atoms with Gasteiger partial charge in [-0.2, -0.15) is 4.31 Å². The molecular weight excluding hydrogens is 300 g/mol. The maximum atomic E-state index is 13.1. The van der Waals surface area contributed by atoms with E-state index in [0.717, 1.165) is 12.1 Å². The molecule has 0 bridgehead atoms. The summed E-state index contributed by atoms with van der Waals surface area (Å²) in [6, 6.07) is 3.33. The second-order valence-corrected chi connectivity index (χ2v) is 7.08. The van der Waals surface area contributed by atoms with Gasteiger partial charge in [0.05, 0.1) is 5.02 Å². The van der Waals surface area contributed by atoms with Crippen LogP contribution in [0.4, 0.5) is 4.39 Å². The Kier molecular flexibility index (Phi) is 4.16. The Morgan fingerprint density at radius 2 is 1.89 bits per heavy atom. The monoisotopic (exact) mass is 311 g/mol. The summed E-state index contributed by atoms with van der Waals surface area (Å²) >= 11 is 11.8. The van der Waals surface area contributed by atoms with E-state index in [1.165, 1.54) is 10.4 Å². The van der Waals surface area contributed by atoms with Crippen LogP contribution in [0.25, 0.3) is 0 Å². The van der Waals surface area contributed by atoms with Gasteiger partial charge in [0.15, 0.2) is 0 Å². The minimum absolute atomic E-state index is 0.000526. The third kappa shape index (κ3) is 2.79. The molecule has 1 fully saturated rings. The van der Waals surface area contributed by atoms with Crippen molar-refractivity contribution >= 4 is 33.2 Å². The number of alkyl halides is 1. The summed E-state index contributed by atoms with van der Waals surface area (Å²) in [7, 11) is -3.74.